The van der Waals surface area contributed by atoms with E-state index in [1.807, 2.05) is 69.6 Å². The molecule has 2 atom stereocenters. The SMILES string of the molecule is CCC1CN(Cc2cc(C(CC(=O)Nc3ccc(C)nc3)c3ccc4c(nnn4CC)c3C)ccc2C)S(O)(O)c2cccnc2O1. The molecule has 0 aliphatic carbocycles. The number of hydrogen-bond acceptors (Lipinski definition) is 9. The quantitative estimate of drug-likeness (QED) is 0.153. The van der Waals surface area contributed by atoms with E-state index in [9.17, 15) is 13.9 Å². The van der Waals surface area contributed by atoms with Crippen LogP contribution in [0, 0.1) is 20.8 Å². The van der Waals surface area contributed by atoms with Crippen molar-refractivity contribution in [3.8, 4) is 5.88 Å². The minimum absolute atomic E-state index is 0.145. The van der Waals surface area contributed by atoms with Crippen molar-refractivity contribution in [2.24, 2.45) is 0 Å². The van der Waals surface area contributed by atoms with Crippen LogP contribution in [-0.4, -0.2) is 56.9 Å². The van der Waals surface area contributed by atoms with Gasteiger partial charge in [0.25, 0.3) is 0 Å². The average Bonchev–Trinajstić information content (AvgIpc) is 3.45. The number of nitrogens with one attached hydrogen (secondary N) is 1. The maximum absolute atomic E-state index is 13.6. The van der Waals surface area contributed by atoms with E-state index < -0.39 is 10.8 Å². The van der Waals surface area contributed by atoms with Crippen LogP contribution in [0.1, 0.15) is 66.1 Å². The molecule has 1 amide bonds. The second-order valence-corrected chi connectivity index (χ2v) is 14.0. The summed E-state index contributed by atoms with van der Waals surface area (Å²) < 4.78 is 32.9. The van der Waals surface area contributed by atoms with Crippen molar-refractivity contribution in [2.75, 3.05) is 11.9 Å². The maximum Gasteiger partial charge on any atom is 0.239 e. The van der Waals surface area contributed by atoms with Crippen molar-refractivity contribution in [3.05, 3.63) is 101 Å². The van der Waals surface area contributed by atoms with Crippen molar-refractivity contribution in [3.63, 3.8) is 0 Å². The van der Waals surface area contributed by atoms with Gasteiger partial charge in [0.1, 0.15) is 16.5 Å². The van der Waals surface area contributed by atoms with Gasteiger partial charge in [-0.15, -0.1) is 15.9 Å². The van der Waals surface area contributed by atoms with Crippen LogP contribution in [0.25, 0.3) is 11.0 Å². The Bertz CT molecular complexity index is 1910. The van der Waals surface area contributed by atoms with Crippen molar-refractivity contribution >= 4 is 33.4 Å². The number of carbonyl (C=O) groups excluding carboxylic acids is 1. The Balaban J connectivity index is 1.38. The van der Waals surface area contributed by atoms with E-state index >= 15 is 0 Å². The lowest BCUT2D eigenvalue weighted by molar-refractivity contribution is -0.116. The molecule has 1 aliphatic heterocycles. The summed E-state index contributed by atoms with van der Waals surface area (Å²) in [5, 5.41) is 11.8. The molecule has 246 valence electrons. The third-order valence-electron chi connectivity index (χ3n) is 8.90. The molecule has 3 N–H and O–H groups in total. The fourth-order valence-corrected chi connectivity index (χ4v) is 7.68. The molecule has 12 heteroatoms. The van der Waals surface area contributed by atoms with Gasteiger partial charge in [0, 0.05) is 37.3 Å². The molecule has 2 unspecified atom stereocenters. The molecule has 4 heterocycles. The monoisotopic (exact) mass is 655 g/mol. The van der Waals surface area contributed by atoms with Gasteiger partial charge >= 0.3 is 0 Å². The highest BCUT2D eigenvalue weighted by Gasteiger charge is 2.36. The Morgan fingerprint density at radius 1 is 1.09 bits per heavy atom. The summed E-state index contributed by atoms with van der Waals surface area (Å²) >= 11 is 0. The Morgan fingerprint density at radius 2 is 1.91 bits per heavy atom. The molecule has 11 nitrogen and oxygen atoms in total. The number of hydrogen-bond donors (Lipinski definition) is 3. The Kier molecular flexibility index (Phi) is 9.29. The second-order valence-electron chi connectivity index (χ2n) is 12.0. The van der Waals surface area contributed by atoms with Gasteiger partial charge in [0.2, 0.25) is 11.8 Å². The fraction of sp³-hybridized carbons (Fsp3) is 0.343. The number of nitrogens with zero attached hydrogens (tertiary/aromatic N) is 6. The number of pyridine rings is 2. The summed E-state index contributed by atoms with van der Waals surface area (Å²) in [4.78, 5) is 22.5. The van der Waals surface area contributed by atoms with Crippen molar-refractivity contribution in [2.45, 2.75) is 77.5 Å². The van der Waals surface area contributed by atoms with Crippen LogP contribution in [-0.2, 0) is 17.9 Å². The Labute approximate surface area is 276 Å². The zero-order valence-electron chi connectivity index (χ0n) is 27.3. The number of anilines is 1. The number of aromatic nitrogens is 5. The van der Waals surface area contributed by atoms with Crippen LogP contribution < -0.4 is 10.1 Å². The molecule has 0 radical (unpaired) electrons. The minimum atomic E-state index is -3.39. The standard InChI is InChI=1S/C35H41N7O4S/c1-6-28-21-41(47(44,45)32-9-8-16-36-35(32)46-28)20-26-17-25(12-10-22(26)3)30(18-33(43)38-27-13-11-23(4)37-19-27)29-14-15-31-34(24(29)5)39-40-42(31)7-2/h8-17,19,28,30,44-45H,6-7,18,20-21H2,1-5H3,(H,38,43). The van der Waals surface area contributed by atoms with Gasteiger partial charge in [-0.1, -0.05) is 36.4 Å². The molecule has 0 spiro atoms. The summed E-state index contributed by atoms with van der Waals surface area (Å²) in [5.41, 5.74) is 8.06. The first-order valence-corrected chi connectivity index (χ1v) is 17.4. The molecule has 3 aromatic heterocycles. The lowest BCUT2D eigenvalue weighted by Gasteiger charge is -2.41. The summed E-state index contributed by atoms with van der Waals surface area (Å²) in [6.07, 6.45) is 3.85. The number of ether oxygens (including phenoxy) is 1. The van der Waals surface area contributed by atoms with E-state index in [1.54, 1.807) is 28.8 Å². The molecule has 0 fully saturated rings. The summed E-state index contributed by atoms with van der Waals surface area (Å²) in [7, 11) is -3.39. The van der Waals surface area contributed by atoms with E-state index in [1.165, 1.54) is 0 Å². The number of fused-ring (bicyclic) bond motifs is 2. The number of carbonyl (C=O) groups is 1. The van der Waals surface area contributed by atoms with Crippen LogP contribution in [0.2, 0.25) is 0 Å². The minimum Gasteiger partial charge on any atom is -0.472 e. The predicted molar refractivity (Wildman–Crippen MR) is 184 cm³/mol. The van der Waals surface area contributed by atoms with Gasteiger partial charge < -0.3 is 10.1 Å². The molecular formula is C35H41N7O4S. The van der Waals surface area contributed by atoms with E-state index in [2.05, 4.69) is 37.7 Å². The van der Waals surface area contributed by atoms with Crippen LogP contribution in [0.5, 0.6) is 5.88 Å². The second kappa shape index (κ2) is 13.4. The highest BCUT2D eigenvalue weighted by molar-refractivity contribution is 8.22. The molecule has 0 bridgehead atoms. The third kappa shape index (κ3) is 6.59. The highest BCUT2D eigenvalue weighted by Crippen LogP contribution is 2.57. The van der Waals surface area contributed by atoms with Gasteiger partial charge in [-0.25, -0.2) is 9.67 Å². The van der Waals surface area contributed by atoms with Gasteiger partial charge in [0.05, 0.1) is 23.9 Å². The van der Waals surface area contributed by atoms with Gasteiger partial charge in [0.15, 0.2) is 0 Å². The van der Waals surface area contributed by atoms with Gasteiger partial charge in [-0.3, -0.25) is 18.9 Å². The Morgan fingerprint density at radius 3 is 2.66 bits per heavy atom. The smallest absolute Gasteiger partial charge is 0.239 e. The lowest BCUT2D eigenvalue weighted by Crippen LogP contribution is -2.34. The number of amides is 1. The van der Waals surface area contributed by atoms with Crippen molar-refractivity contribution in [1.82, 2.24) is 29.3 Å². The third-order valence-corrected chi connectivity index (χ3v) is 10.8. The fourth-order valence-electron chi connectivity index (χ4n) is 6.11. The van der Waals surface area contributed by atoms with Crippen LogP contribution >= 0.6 is 10.8 Å². The number of rotatable bonds is 9. The van der Waals surface area contributed by atoms with Gasteiger partial charge in [-0.2, -0.15) is 4.31 Å². The number of aryl methyl sites for hydroxylation is 4. The zero-order valence-corrected chi connectivity index (χ0v) is 28.2. The summed E-state index contributed by atoms with van der Waals surface area (Å²) in [6, 6.07) is 17.3. The van der Waals surface area contributed by atoms with E-state index in [0.29, 0.717) is 25.2 Å². The van der Waals surface area contributed by atoms with Crippen LogP contribution in [0.3, 0.4) is 0 Å². The molecule has 0 saturated heterocycles. The number of benzene rings is 2. The molecule has 2 aromatic carbocycles. The molecular weight excluding hydrogens is 614 g/mol. The summed E-state index contributed by atoms with van der Waals surface area (Å²) in [5.74, 6) is -0.202. The molecule has 1 aliphatic rings. The average molecular weight is 656 g/mol. The first-order valence-electron chi connectivity index (χ1n) is 15.9. The van der Waals surface area contributed by atoms with E-state index in [-0.39, 0.29) is 41.7 Å². The topological polar surface area (TPSA) is 139 Å². The highest BCUT2D eigenvalue weighted by atomic mass is 32.3. The van der Waals surface area contributed by atoms with Crippen LogP contribution in [0.4, 0.5) is 5.69 Å². The predicted octanol–water partition coefficient (Wildman–Crippen LogP) is 7.02. The molecule has 6 rings (SSSR count). The first kappa shape index (κ1) is 32.6. The van der Waals surface area contributed by atoms with Crippen LogP contribution in [0.15, 0.2) is 71.9 Å². The van der Waals surface area contributed by atoms with Crippen molar-refractivity contribution in [1.29, 1.82) is 0 Å². The lowest BCUT2D eigenvalue weighted by atomic mass is 9.84. The van der Waals surface area contributed by atoms with E-state index in [0.717, 1.165) is 44.5 Å². The molecule has 5 aromatic rings. The van der Waals surface area contributed by atoms with Gasteiger partial charge in [-0.05, 0) is 92.3 Å². The normalized spacial score (nSPS) is 17.4. The maximum atomic E-state index is 13.6. The largest absolute Gasteiger partial charge is 0.472 e. The zero-order chi connectivity index (χ0) is 33.3. The summed E-state index contributed by atoms with van der Waals surface area (Å²) in [6.45, 7) is 11.3. The van der Waals surface area contributed by atoms with Crippen molar-refractivity contribution < 1.29 is 18.6 Å². The first-order chi connectivity index (χ1) is 22.6. The molecule has 0 saturated carbocycles. The molecule has 47 heavy (non-hydrogen) atoms. The van der Waals surface area contributed by atoms with E-state index in [4.69, 9.17) is 4.74 Å². The Hall–Kier alpha value is -4.36.